The van der Waals surface area contributed by atoms with Gasteiger partial charge in [-0.05, 0) is 12.1 Å². The topological polar surface area (TPSA) is 29.5 Å². The smallest absolute Gasteiger partial charge is 0.120 e. The maximum atomic E-state index is 9.42. The molecule has 0 unspecified atom stereocenters. The van der Waals surface area contributed by atoms with Crippen molar-refractivity contribution < 1.29 is 9.84 Å². The van der Waals surface area contributed by atoms with Crippen LogP contribution in [-0.2, 0) is 0 Å². The van der Waals surface area contributed by atoms with Gasteiger partial charge in [0.1, 0.15) is 5.75 Å². The summed E-state index contributed by atoms with van der Waals surface area (Å²) in [6.45, 7) is 0. The Morgan fingerprint density at radius 2 is 2.23 bits per heavy atom. The minimum absolute atomic E-state index is 0.131. The largest absolute Gasteiger partial charge is 0.497 e. The number of alkyl halides is 1. The molecule has 0 spiro atoms. The van der Waals surface area contributed by atoms with E-state index < -0.39 is 6.10 Å². The molecule has 0 heterocycles. The number of aliphatic hydroxyl groups is 1. The number of benzene rings is 1. The molecule has 0 saturated carbocycles. The second kappa shape index (κ2) is 4.70. The first-order valence-corrected chi connectivity index (χ1v) is 4.67. The molecule has 0 aliphatic heterocycles. The zero-order valence-corrected chi connectivity index (χ0v) is 8.64. The fourth-order valence-electron chi connectivity index (χ4n) is 0.988. The standard InChI is InChI=1S/C9H10Cl2O2/c1-13-6-2-3-7(8(11)4-6)9(12)5-10/h2-4,9,12H,5H2,1H3/t9-/m0/s1. The van der Waals surface area contributed by atoms with Crippen molar-refractivity contribution in [2.75, 3.05) is 13.0 Å². The van der Waals surface area contributed by atoms with Crippen LogP contribution in [-0.4, -0.2) is 18.1 Å². The molecule has 4 heteroatoms. The van der Waals surface area contributed by atoms with Crippen LogP contribution in [0.3, 0.4) is 0 Å². The van der Waals surface area contributed by atoms with Gasteiger partial charge in [0.2, 0.25) is 0 Å². The summed E-state index contributed by atoms with van der Waals surface area (Å²) in [7, 11) is 1.56. The van der Waals surface area contributed by atoms with Gasteiger partial charge in [0.15, 0.2) is 0 Å². The number of rotatable bonds is 3. The molecule has 0 saturated heterocycles. The average molecular weight is 221 g/mol. The zero-order valence-electron chi connectivity index (χ0n) is 7.13. The number of aliphatic hydroxyl groups excluding tert-OH is 1. The molecule has 1 N–H and O–H groups in total. The van der Waals surface area contributed by atoms with Crippen molar-refractivity contribution in [1.29, 1.82) is 0 Å². The van der Waals surface area contributed by atoms with Gasteiger partial charge in [-0.2, -0.15) is 0 Å². The van der Waals surface area contributed by atoms with E-state index in [-0.39, 0.29) is 5.88 Å². The van der Waals surface area contributed by atoms with Gasteiger partial charge in [-0.1, -0.05) is 17.7 Å². The van der Waals surface area contributed by atoms with E-state index in [1.165, 1.54) is 0 Å². The number of hydrogen-bond donors (Lipinski definition) is 1. The Balaban J connectivity index is 2.98. The highest BCUT2D eigenvalue weighted by Crippen LogP contribution is 2.27. The van der Waals surface area contributed by atoms with E-state index in [4.69, 9.17) is 27.9 Å². The highest BCUT2D eigenvalue weighted by molar-refractivity contribution is 6.31. The van der Waals surface area contributed by atoms with E-state index in [0.29, 0.717) is 16.3 Å². The Bertz CT molecular complexity index is 289. The van der Waals surface area contributed by atoms with Gasteiger partial charge >= 0.3 is 0 Å². The third-order valence-electron chi connectivity index (χ3n) is 1.71. The summed E-state index contributed by atoms with van der Waals surface area (Å²) in [4.78, 5) is 0. The quantitative estimate of drug-likeness (QED) is 0.795. The minimum atomic E-state index is -0.722. The predicted octanol–water partition coefficient (Wildman–Crippen LogP) is 2.62. The van der Waals surface area contributed by atoms with Gasteiger partial charge in [-0.25, -0.2) is 0 Å². The molecule has 1 aromatic carbocycles. The molecule has 0 aromatic heterocycles. The van der Waals surface area contributed by atoms with E-state index in [0.717, 1.165) is 0 Å². The third kappa shape index (κ3) is 2.50. The fraction of sp³-hybridized carbons (Fsp3) is 0.333. The molecule has 0 aliphatic rings. The van der Waals surface area contributed by atoms with E-state index in [9.17, 15) is 5.11 Å². The average Bonchev–Trinajstić information content (AvgIpc) is 2.16. The molecule has 2 nitrogen and oxygen atoms in total. The SMILES string of the molecule is COc1ccc([C@@H](O)CCl)c(Cl)c1. The van der Waals surface area contributed by atoms with Gasteiger partial charge in [-0.15, -0.1) is 11.6 Å². The molecule has 0 amide bonds. The van der Waals surface area contributed by atoms with Crippen LogP contribution in [0.1, 0.15) is 11.7 Å². The third-order valence-corrected chi connectivity index (χ3v) is 2.33. The Kier molecular flexibility index (Phi) is 3.85. The molecule has 1 atom stereocenters. The van der Waals surface area contributed by atoms with Crippen molar-refractivity contribution in [2.24, 2.45) is 0 Å². The van der Waals surface area contributed by atoms with Gasteiger partial charge in [-0.3, -0.25) is 0 Å². The van der Waals surface area contributed by atoms with Crippen LogP contribution in [0.15, 0.2) is 18.2 Å². The lowest BCUT2D eigenvalue weighted by atomic mass is 10.1. The van der Waals surface area contributed by atoms with Crippen molar-refractivity contribution in [2.45, 2.75) is 6.10 Å². The van der Waals surface area contributed by atoms with Crippen molar-refractivity contribution in [1.82, 2.24) is 0 Å². The normalized spacial score (nSPS) is 12.6. The van der Waals surface area contributed by atoms with Gasteiger partial charge < -0.3 is 9.84 Å². The van der Waals surface area contributed by atoms with Crippen molar-refractivity contribution in [3.05, 3.63) is 28.8 Å². The molecule has 0 aliphatic carbocycles. The summed E-state index contributed by atoms with van der Waals surface area (Å²) in [5.74, 6) is 0.794. The number of methoxy groups -OCH3 is 1. The lowest BCUT2D eigenvalue weighted by Crippen LogP contribution is -1.99. The second-order valence-corrected chi connectivity index (χ2v) is 3.27. The highest BCUT2D eigenvalue weighted by atomic mass is 35.5. The predicted molar refractivity (Wildman–Crippen MR) is 53.7 cm³/mol. The van der Waals surface area contributed by atoms with Gasteiger partial charge in [0.05, 0.1) is 24.1 Å². The summed E-state index contributed by atoms with van der Waals surface area (Å²) in [5.41, 5.74) is 0.623. The number of ether oxygens (including phenoxy) is 1. The second-order valence-electron chi connectivity index (χ2n) is 2.56. The molecular weight excluding hydrogens is 211 g/mol. The minimum Gasteiger partial charge on any atom is -0.497 e. The summed E-state index contributed by atoms with van der Waals surface area (Å²) in [5, 5.41) is 9.88. The highest BCUT2D eigenvalue weighted by Gasteiger charge is 2.10. The summed E-state index contributed by atoms with van der Waals surface area (Å²) < 4.78 is 4.96. The van der Waals surface area contributed by atoms with Crippen LogP contribution in [0.5, 0.6) is 5.75 Å². The first kappa shape index (κ1) is 10.6. The molecule has 13 heavy (non-hydrogen) atoms. The molecular formula is C9H10Cl2O2. The zero-order chi connectivity index (χ0) is 9.84. The first-order valence-electron chi connectivity index (χ1n) is 3.76. The van der Waals surface area contributed by atoms with Crippen LogP contribution in [0.25, 0.3) is 0 Å². The Labute approximate surface area is 87.0 Å². The Hall–Kier alpha value is -0.440. The summed E-state index contributed by atoms with van der Waals surface area (Å²) in [6, 6.07) is 5.08. The summed E-state index contributed by atoms with van der Waals surface area (Å²) in [6.07, 6.45) is -0.722. The molecule has 1 aromatic rings. The van der Waals surface area contributed by atoms with E-state index in [1.54, 1.807) is 25.3 Å². The Morgan fingerprint density at radius 3 is 2.69 bits per heavy atom. The first-order chi connectivity index (χ1) is 6.19. The lowest BCUT2D eigenvalue weighted by Gasteiger charge is -2.10. The van der Waals surface area contributed by atoms with Crippen LogP contribution < -0.4 is 4.74 Å². The maximum Gasteiger partial charge on any atom is 0.120 e. The Morgan fingerprint density at radius 1 is 1.54 bits per heavy atom. The fourth-order valence-corrected chi connectivity index (χ4v) is 1.45. The van der Waals surface area contributed by atoms with Crippen LogP contribution >= 0.6 is 23.2 Å². The van der Waals surface area contributed by atoms with E-state index in [1.807, 2.05) is 0 Å². The molecule has 0 radical (unpaired) electrons. The monoisotopic (exact) mass is 220 g/mol. The molecule has 72 valence electrons. The van der Waals surface area contributed by atoms with Gasteiger partial charge in [0, 0.05) is 5.56 Å². The molecule has 1 rings (SSSR count). The van der Waals surface area contributed by atoms with Gasteiger partial charge in [0.25, 0.3) is 0 Å². The van der Waals surface area contributed by atoms with Crippen LogP contribution in [0.2, 0.25) is 5.02 Å². The maximum absolute atomic E-state index is 9.42. The summed E-state index contributed by atoms with van der Waals surface area (Å²) >= 11 is 11.4. The van der Waals surface area contributed by atoms with Crippen LogP contribution in [0, 0.1) is 0 Å². The molecule has 0 fully saturated rings. The van der Waals surface area contributed by atoms with E-state index >= 15 is 0 Å². The van der Waals surface area contributed by atoms with Crippen molar-refractivity contribution in [3.63, 3.8) is 0 Å². The van der Waals surface area contributed by atoms with E-state index in [2.05, 4.69) is 0 Å². The molecule has 0 bridgehead atoms. The van der Waals surface area contributed by atoms with Crippen molar-refractivity contribution in [3.8, 4) is 5.75 Å². The number of halogens is 2. The number of hydrogen-bond acceptors (Lipinski definition) is 2. The lowest BCUT2D eigenvalue weighted by molar-refractivity contribution is 0.202. The van der Waals surface area contributed by atoms with Crippen LogP contribution in [0.4, 0.5) is 0 Å². The van der Waals surface area contributed by atoms with Crippen molar-refractivity contribution >= 4 is 23.2 Å².